The summed E-state index contributed by atoms with van der Waals surface area (Å²) < 4.78 is 33.7. The Labute approximate surface area is 195 Å². The van der Waals surface area contributed by atoms with Crippen LogP contribution in [-0.2, 0) is 31.7 Å². The third kappa shape index (κ3) is 5.82. The van der Waals surface area contributed by atoms with Crippen molar-refractivity contribution < 1.29 is 17.9 Å². The molecule has 0 unspecified atom stereocenters. The van der Waals surface area contributed by atoms with Crippen LogP contribution in [0.25, 0.3) is 10.9 Å². The van der Waals surface area contributed by atoms with Crippen molar-refractivity contribution in [2.24, 2.45) is 0 Å². The first-order valence-corrected chi connectivity index (χ1v) is 13.0. The molecule has 1 aliphatic rings. The van der Waals surface area contributed by atoms with Crippen LogP contribution in [0.5, 0.6) is 0 Å². The molecule has 3 aromatic rings. The molecule has 33 heavy (non-hydrogen) atoms. The molecule has 0 saturated carbocycles. The summed E-state index contributed by atoms with van der Waals surface area (Å²) in [4.78, 5) is 15.2. The Hall–Kier alpha value is -2.68. The maximum atomic E-state index is 13.3. The lowest BCUT2D eigenvalue weighted by atomic mass is 10.1. The number of carbonyl (C=O) groups excluding carboxylic acids is 1. The molecule has 1 aliphatic heterocycles. The van der Waals surface area contributed by atoms with Crippen LogP contribution in [0.3, 0.4) is 0 Å². The Morgan fingerprint density at radius 1 is 1.06 bits per heavy atom. The maximum Gasteiger partial charge on any atom is 0.239 e. The number of aryl methyl sites for hydroxylation is 1. The van der Waals surface area contributed by atoms with Gasteiger partial charge in [-0.25, -0.2) is 8.42 Å². The number of hydrogen-bond acceptors (Lipinski definition) is 5. The van der Waals surface area contributed by atoms with Crippen LogP contribution < -0.4 is 5.32 Å². The average molecular weight is 470 g/mol. The van der Waals surface area contributed by atoms with Crippen LogP contribution in [0.4, 0.5) is 0 Å². The normalized spacial score (nSPS) is 15.1. The van der Waals surface area contributed by atoms with Gasteiger partial charge in [0, 0.05) is 36.7 Å². The van der Waals surface area contributed by atoms with Crippen LogP contribution in [0.15, 0.2) is 59.6 Å². The summed E-state index contributed by atoms with van der Waals surface area (Å²) in [7, 11) is -3.58. The Kier molecular flexibility index (Phi) is 7.47. The summed E-state index contributed by atoms with van der Waals surface area (Å²) in [5.74, 6) is -0.192. The fourth-order valence-corrected chi connectivity index (χ4v) is 5.90. The number of aromatic nitrogens is 1. The summed E-state index contributed by atoms with van der Waals surface area (Å²) in [6, 6.07) is 14.8. The minimum absolute atomic E-state index is 0.0680. The lowest BCUT2D eigenvalue weighted by Crippen LogP contribution is -2.38. The van der Waals surface area contributed by atoms with Gasteiger partial charge in [0.05, 0.1) is 23.9 Å². The number of fused-ring (bicyclic) bond motifs is 1. The number of para-hydroxylation sites is 1. The SMILES string of the molecule is Cc1ccccc1CS(=O)(=O)c1cn(CC(=O)NCCCN2CCOCC2)c2ccccc12. The molecule has 1 aromatic heterocycles. The monoisotopic (exact) mass is 469 g/mol. The van der Waals surface area contributed by atoms with Crippen molar-refractivity contribution in [1.29, 1.82) is 0 Å². The van der Waals surface area contributed by atoms with Crippen LogP contribution >= 0.6 is 0 Å². The molecule has 176 valence electrons. The zero-order valence-electron chi connectivity index (χ0n) is 19.0. The van der Waals surface area contributed by atoms with Crippen molar-refractivity contribution >= 4 is 26.6 Å². The first-order chi connectivity index (χ1) is 15.9. The quantitative estimate of drug-likeness (QED) is 0.488. The highest BCUT2D eigenvalue weighted by Gasteiger charge is 2.23. The van der Waals surface area contributed by atoms with Crippen LogP contribution in [0.1, 0.15) is 17.5 Å². The Morgan fingerprint density at radius 2 is 1.79 bits per heavy atom. The van der Waals surface area contributed by atoms with Crippen LogP contribution in [0, 0.1) is 6.92 Å². The smallest absolute Gasteiger partial charge is 0.239 e. The lowest BCUT2D eigenvalue weighted by Gasteiger charge is -2.26. The number of sulfone groups is 1. The first kappa shape index (κ1) is 23.5. The highest BCUT2D eigenvalue weighted by molar-refractivity contribution is 7.90. The van der Waals surface area contributed by atoms with E-state index in [2.05, 4.69) is 10.2 Å². The second-order valence-electron chi connectivity index (χ2n) is 8.48. The highest BCUT2D eigenvalue weighted by Crippen LogP contribution is 2.28. The number of benzene rings is 2. The van der Waals surface area contributed by atoms with E-state index in [1.54, 1.807) is 16.8 Å². The minimum atomic E-state index is -3.58. The number of hydrogen-bond donors (Lipinski definition) is 1. The molecule has 0 aliphatic carbocycles. The van der Waals surface area contributed by atoms with Crippen molar-refractivity contribution in [1.82, 2.24) is 14.8 Å². The molecule has 1 fully saturated rings. The van der Waals surface area contributed by atoms with Crippen molar-refractivity contribution in [2.45, 2.75) is 30.5 Å². The molecule has 1 amide bonds. The summed E-state index contributed by atoms with van der Waals surface area (Å²) in [6.07, 6.45) is 2.47. The second-order valence-corrected chi connectivity index (χ2v) is 10.4. The Morgan fingerprint density at radius 3 is 2.58 bits per heavy atom. The van der Waals surface area contributed by atoms with E-state index < -0.39 is 9.84 Å². The van der Waals surface area contributed by atoms with Gasteiger partial charge in [-0.1, -0.05) is 42.5 Å². The number of carbonyl (C=O) groups is 1. The number of nitrogens with zero attached hydrogens (tertiary/aromatic N) is 2. The molecular formula is C25H31N3O4S. The van der Waals surface area contributed by atoms with Gasteiger partial charge in [0.15, 0.2) is 9.84 Å². The van der Waals surface area contributed by atoms with E-state index in [1.807, 2.05) is 49.4 Å². The topological polar surface area (TPSA) is 80.6 Å². The molecule has 2 aromatic carbocycles. The molecule has 0 radical (unpaired) electrons. The van der Waals surface area contributed by atoms with Crippen molar-refractivity contribution in [3.8, 4) is 0 Å². The zero-order valence-corrected chi connectivity index (χ0v) is 19.8. The van der Waals surface area contributed by atoms with Gasteiger partial charge in [0.2, 0.25) is 5.91 Å². The molecule has 0 bridgehead atoms. The van der Waals surface area contributed by atoms with E-state index in [4.69, 9.17) is 4.74 Å². The Balaban J connectivity index is 1.44. The molecule has 0 atom stereocenters. The summed E-state index contributed by atoms with van der Waals surface area (Å²) in [5, 5.41) is 3.61. The third-order valence-electron chi connectivity index (χ3n) is 6.08. The van der Waals surface area contributed by atoms with E-state index in [0.717, 1.165) is 55.9 Å². The molecule has 4 rings (SSSR count). The third-order valence-corrected chi connectivity index (χ3v) is 7.77. The molecule has 1 saturated heterocycles. The molecule has 0 spiro atoms. The highest BCUT2D eigenvalue weighted by atomic mass is 32.2. The fourth-order valence-electron chi connectivity index (χ4n) is 4.21. The van der Waals surface area contributed by atoms with Gasteiger partial charge in [0.25, 0.3) is 0 Å². The van der Waals surface area contributed by atoms with Crippen LogP contribution in [-0.4, -0.2) is 63.2 Å². The first-order valence-electron chi connectivity index (χ1n) is 11.4. The van der Waals surface area contributed by atoms with Gasteiger partial charge >= 0.3 is 0 Å². The van der Waals surface area contributed by atoms with Gasteiger partial charge in [0.1, 0.15) is 6.54 Å². The number of ether oxygens (including phenoxy) is 1. The predicted octanol–water partition coefficient (Wildman–Crippen LogP) is 2.76. The average Bonchev–Trinajstić information content (AvgIpc) is 3.18. The number of morpholine rings is 1. The van der Waals surface area contributed by atoms with Crippen molar-refractivity contribution in [3.63, 3.8) is 0 Å². The van der Waals surface area contributed by atoms with Crippen molar-refractivity contribution in [3.05, 3.63) is 65.9 Å². The van der Waals surface area contributed by atoms with E-state index >= 15 is 0 Å². The Bertz CT molecular complexity index is 1210. The van der Waals surface area contributed by atoms with Gasteiger partial charge in [-0.3, -0.25) is 9.69 Å². The molecule has 2 heterocycles. The van der Waals surface area contributed by atoms with Crippen molar-refractivity contribution in [2.75, 3.05) is 39.4 Å². The van der Waals surface area contributed by atoms with Gasteiger partial charge in [-0.05, 0) is 37.1 Å². The fraction of sp³-hybridized carbons (Fsp3) is 0.400. The number of amides is 1. The predicted molar refractivity (Wildman–Crippen MR) is 129 cm³/mol. The maximum absolute atomic E-state index is 13.3. The van der Waals surface area contributed by atoms with E-state index in [-0.39, 0.29) is 23.1 Å². The molecular weight excluding hydrogens is 438 g/mol. The standard InChI is InChI=1S/C25H31N3O4S/c1-20-7-2-3-8-21(20)19-33(30,31)24-17-28(23-10-5-4-9-22(23)24)18-25(29)26-11-6-12-27-13-15-32-16-14-27/h2-5,7-10,17H,6,11-16,18-19H2,1H3,(H,26,29). The van der Waals surface area contributed by atoms with E-state index in [1.165, 1.54) is 0 Å². The zero-order chi connectivity index (χ0) is 23.3. The van der Waals surface area contributed by atoms with Gasteiger partial charge in [-0.2, -0.15) is 0 Å². The summed E-state index contributed by atoms with van der Waals surface area (Å²) in [6.45, 7) is 6.91. The van der Waals surface area contributed by atoms with E-state index in [0.29, 0.717) is 11.9 Å². The minimum Gasteiger partial charge on any atom is -0.379 e. The summed E-state index contributed by atoms with van der Waals surface area (Å²) >= 11 is 0. The largest absolute Gasteiger partial charge is 0.379 e. The summed E-state index contributed by atoms with van der Waals surface area (Å²) in [5.41, 5.74) is 2.47. The molecule has 7 nitrogen and oxygen atoms in total. The van der Waals surface area contributed by atoms with Gasteiger partial charge < -0.3 is 14.6 Å². The lowest BCUT2D eigenvalue weighted by molar-refractivity contribution is -0.121. The van der Waals surface area contributed by atoms with Crippen LogP contribution in [0.2, 0.25) is 0 Å². The molecule has 1 N–H and O–H groups in total. The number of rotatable bonds is 9. The van der Waals surface area contributed by atoms with E-state index in [9.17, 15) is 13.2 Å². The van der Waals surface area contributed by atoms with Gasteiger partial charge in [-0.15, -0.1) is 0 Å². The molecule has 8 heteroatoms. The second kappa shape index (κ2) is 10.5. The number of nitrogens with one attached hydrogen (secondary N) is 1.